The summed E-state index contributed by atoms with van der Waals surface area (Å²) in [5.74, 6) is 4.44. The monoisotopic (exact) mass is 568 g/mol. The number of nitrogens with one attached hydrogen (secondary N) is 1. The van der Waals surface area contributed by atoms with Crippen LogP contribution >= 0.6 is 23.2 Å². The van der Waals surface area contributed by atoms with Crippen molar-refractivity contribution in [2.24, 2.45) is 5.73 Å². The maximum atomic E-state index is 12.9. The van der Waals surface area contributed by atoms with Gasteiger partial charge in [0.1, 0.15) is 18.3 Å². The SMILES string of the molecule is CC(C)(C)NC(=O)c1nn(-c2ccc(C#CCOC[C@@H](N)C(F)(F)F)cc2Cl)c(-c2ccc(Cl)cc2)c1O. The molecule has 0 saturated heterocycles. The van der Waals surface area contributed by atoms with E-state index >= 15 is 0 Å². The van der Waals surface area contributed by atoms with Crippen molar-refractivity contribution >= 4 is 29.1 Å². The van der Waals surface area contributed by atoms with Crippen molar-refractivity contribution in [1.82, 2.24) is 15.1 Å². The highest BCUT2D eigenvalue weighted by Gasteiger charge is 2.36. The number of rotatable bonds is 6. The molecule has 7 nitrogen and oxygen atoms in total. The second-order valence-corrected chi connectivity index (χ2v) is 10.1. The Kier molecular flexibility index (Phi) is 9.00. The van der Waals surface area contributed by atoms with Gasteiger partial charge < -0.3 is 20.9 Å². The summed E-state index contributed by atoms with van der Waals surface area (Å²) in [6.45, 7) is 4.42. The van der Waals surface area contributed by atoms with Gasteiger partial charge in [-0.25, -0.2) is 4.68 Å². The fourth-order valence-corrected chi connectivity index (χ4v) is 3.62. The molecular formula is C26H25Cl2F3N4O3. The summed E-state index contributed by atoms with van der Waals surface area (Å²) in [6.07, 6.45) is -4.55. The molecule has 38 heavy (non-hydrogen) atoms. The lowest BCUT2D eigenvalue weighted by Crippen LogP contribution is -2.41. The summed E-state index contributed by atoms with van der Waals surface area (Å²) >= 11 is 12.5. The van der Waals surface area contributed by atoms with Gasteiger partial charge in [0, 0.05) is 21.7 Å². The number of nitrogens with two attached hydrogens (primary N) is 1. The van der Waals surface area contributed by atoms with Crippen molar-refractivity contribution in [2.75, 3.05) is 13.2 Å². The van der Waals surface area contributed by atoms with E-state index in [0.29, 0.717) is 21.8 Å². The number of benzene rings is 2. The Morgan fingerprint density at radius 1 is 1.18 bits per heavy atom. The Hall–Kier alpha value is -3.23. The van der Waals surface area contributed by atoms with Crippen molar-refractivity contribution in [2.45, 2.75) is 38.5 Å². The van der Waals surface area contributed by atoms with Gasteiger partial charge in [-0.05, 0) is 51.1 Å². The number of nitrogens with zero attached hydrogens (tertiary/aromatic N) is 2. The minimum atomic E-state index is -4.55. The third kappa shape index (κ3) is 7.42. The number of carbonyl (C=O) groups excluding carboxylic acids is 1. The lowest BCUT2D eigenvalue weighted by Gasteiger charge is -2.19. The average Bonchev–Trinajstić information content (AvgIpc) is 3.14. The quantitative estimate of drug-likeness (QED) is 0.275. The maximum Gasteiger partial charge on any atom is 0.405 e. The van der Waals surface area contributed by atoms with Gasteiger partial charge in [0.05, 0.1) is 17.3 Å². The van der Waals surface area contributed by atoms with Crippen LogP contribution in [0.3, 0.4) is 0 Å². The molecule has 1 atom stereocenters. The van der Waals surface area contributed by atoms with Crippen molar-refractivity contribution in [1.29, 1.82) is 0 Å². The number of aromatic nitrogens is 2. The Morgan fingerprint density at radius 2 is 1.84 bits per heavy atom. The summed E-state index contributed by atoms with van der Waals surface area (Å²) in [5, 5.41) is 18.8. The fraction of sp³-hybridized carbons (Fsp3) is 0.308. The number of halogens is 5. The molecule has 3 aromatic rings. The van der Waals surface area contributed by atoms with Gasteiger partial charge in [-0.1, -0.05) is 47.2 Å². The van der Waals surface area contributed by atoms with Crippen LogP contribution in [-0.2, 0) is 4.74 Å². The van der Waals surface area contributed by atoms with Crippen LogP contribution in [0.15, 0.2) is 42.5 Å². The van der Waals surface area contributed by atoms with Crippen LogP contribution in [0.2, 0.25) is 10.0 Å². The standard InChI is InChI=1S/C26H25Cl2F3N4O3/c1-25(2,3)33-24(37)21-23(36)22(16-7-9-17(27)10-8-16)35(34-21)19-11-6-15(13-18(19)28)5-4-12-38-14-20(32)26(29,30)31/h6-11,13,20,36H,12,14,32H2,1-3H3,(H,33,37)/t20-/m1/s1. The van der Waals surface area contributed by atoms with Crippen LogP contribution in [0.25, 0.3) is 16.9 Å². The molecule has 0 saturated carbocycles. The first-order valence-corrected chi connectivity index (χ1v) is 12.0. The molecule has 1 aromatic heterocycles. The molecule has 0 unspecified atom stereocenters. The van der Waals surface area contributed by atoms with E-state index < -0.39 is 30.3 Å². The van der Waals surface area contributed by atoms with Gasteiger partial charge in [-0.3, -0.25) is 4.79 Å². The number of aromatic hydroxyl groups is 1. The van der Waals surface area contributed by atoms with E-state index in [0.717, 1.165) is 0 Å². The molecule has 12 heteroatoms. The van der Waals surface area contributed by atoms with Crippen LogP contribution in [-0.4, -0.2) is 51.8 Å². The third-order valence-corrected chi connectivity index (χ3v) is 5.54. The van der Waals surface area contributed by atoms with E-state index in [1.165, 1.54) is 10.7 Å². The smallest absolute Gasteiger partial charge is 0.405 e. The summed E-state index contributed by atoms with van der Waals surface area (Å²) in [5.41, 5.74) is 5.77. The van der Waals surface area contributed by atoms with Crippen LogP contribution in [0.5, 0.6) is 5.75 Å². The largest absolute Gasteiger partial charge is 0.504 e. The zero-order valence-corrected chi connectivity index (χ0v) is 22.2. The number of hydrogen-bond donors (Lipinski definition) is 3. The fourth-order valence-electron chi connectivity index (χ4n) is 3.23. The van der Waals surface area contributed by atoms with E-state index in [2.05, 4.69) is 22.3 Å². The lowest BCUT2D eigenvalue weighted by molar-refractivity contribution is -0.158. The van der Waals surface area contributed by atoms with E-state index in [4.69, 9.17) is 33.7 Å². The van der Waals surface area contributed by atoms with Crippen LogP contribution in [0, 0.1) is 11.8 Å². The topological polar surface area (TPSA) is 102 Å². The van der Waals surface area contributed by atoms with E-state index in [1.807, 2.05) is 0 Å². The predicted molar refractivity (Wildman–Crippen MR) is 140 cm³/mol. The van der Waals surface area contributed by atoms with Crippen LogP contribution in [0.4, 0.5) is 13.2 Å². The first-order valence-electron chi connectivity index (χ1n) is 11.3. The summed E-state index contributed by atoms with van der Waals surface area (Å²) in [7, 11) is 0. The number of alkyl halides is 3. The second-order valence-electron chi connectivity index (χ2n) is 9.30. The summed E-state index contributed by atoms with van der Waals surface area (Å²) in [6, 6.07) is 9.22. The van der Waals surface area contributed by atoms with Crippen LogP contribution < -0.4 is 11.1 Å². The normalized spacial score (nSPS) is 12.6. The van der Waals surface area contributed by atoms with E-state index in [1.54, 1.807) is 57.2 Å². The first-order chi connectivity index (χ1) is 17.7. The Balaban J connectivity index is 1.93. The highest BCUT2D eigenvalue weighted by molar-refractivity contribution is 6.32. The van der Waals surface area contributed by atoms with Crippen molar-refractivity contribution in [3.05, 3.63) is 63.8 Å². The highest BCUT2D eigenvalue weighted by atomic mass is 35.5. The maximum absolute atomic E-state index is 12.9. The molecule has 202 valence electrons. The zero-order chi connectivity index (χ0) is 28.3. The molecule has 0 radical (unpaired) electrons. The molecule has 0 fully saturated rings. The Bertz CT molecular complexity index is 1370. The minimum Gasteiger partial charge on any atom is -0.504 e. The van der Waals surface area contributed by atoms with Gasteiger partial charge in [0.2, 0.25) is 0 Å². The molecule has 1 amide bonds. The molecule has 0 bridgehead atoms. The molecule has 1 heterocycles. The molecule has 4 N–H and O–H groups in total. The number of carbonyl (C=O) groups is 1. The second kappa shape index (κ2) is 11.7. The van der Waals surface area contributed by atoms with Gasteiger partial charge in [-0.15, -0.1) is 0 Å². The van der Waals surface area contributed by atoms with Crippen molar-refractivity contribution < 1.29 is 27.8 Å². The predicted octanol–water partition coefficient (Wildman–Crippen LogP) is 5.34. The van der Waals surface area contributed by atoms with Gasteiger partial charge in [-0.2, -0.15) is 18.3 Å². The number of ether oxygens (including phenoxy) is 1. The highest BCUT2D eigenvalue weighted by Crippen LogP contribution is 2.37. The molecular weight excluding hydrogens is 544 g/mol. The molecule has 2 aromatic carbocycles. The summed E-state index contributed by atoms with van der Waals surface area (Å²) in [4.78, 5) is 12.9. The molecule has 0 spiro atoms. The Labute approximate surface area is 227 Å². The minimum absolute atomic E-state index is 0.192. The van der Waals surface area contributed by atoms with Crippen LogP contribution in [0.1, 0.15) is 36.8 Å². The van der Waals surface area contributed by atoms with Crippen molar-refractivity contribution in [3.63, 3.8) is 0 Å². The molecule has 0 aliphatic rings. The Morgan fingerprint density at radius 3 is 2.42 bits per heavy atom. The molecule has 0 aliphatic carbocycles. The third-order valence-electron chi connectivity index (χ3n) is 4.98. The van der Waals surface area contributed by atoms with Gasteiger partial charge >= 0.3 is 6.18 Å². The van der Waals surface area contributed by atoms with E-state index in [-0.39, 0.29) is 28.8 Å². The summed E-state index contributed by atoms with van der Waals surface area (Å²) < 4.78 is 43.5. The molecule has 0 aliphatic heterocycles. The van der Waals surface area contributed by atoms with Gasteiger partial charge in [0.15, 0.2) is 11.4 Å². The average molecular weight is 569 g/mol. The number of hydrogen-bond acceptors (Lipinski definition) is 5. The number of amides is 1. The van der Waals surface area contributed by atoms with E-state index in [9.17, 15) is 23.1 Å². The van der Waals surface area contributed by atoms with Gasteiger partial charge in [0.25, 0.3) is 5.91 Å². The lowest BCUT2D eigenvalue weighted by atomic mass is 10.1. The zero-order valence-electron chi connectivity index (χ0n) is 20.7. The molecule has 3 rings (SSSR count). The van der Waals surface area contributed by atoms with Crippen molar-refractivity contribution in [3.8, 4) is 34.5 Å². The first kappa shape index (κ1) is 29.3.